The zero-order chi connectivity index (χ0) is 26.7. The summed E-state index contributed by atoms with van der Waals surface area (Å²) in [5.74, 6) is -0.439. The fourth-order valence-corrected chi connectivity index (χ4v) is 4.75. The molecule has 4 rings (SSSR count). The standard InChI is InChI=1S/C30H31NO6/c1-18-11-12-19(2)22(15-18)27(32)25-26(21-16-23(35-3)29(37-5)24(17-21)36-4)31(30(34)28(25)33)14-13-20-9-7-6-8-10-20/h6-12,15-17,26,32H,13-14H2,1-5H3/b27-25+. The van der Waals surface area contributed by atoms with Gasteiger partial charge in [0.25, 0.3) is 11.7 Å². The van der Waals surface area contributed by atoms with E-state index < -0.39 is 17.7 Å². The maximum absolute atomic E-state index is 13.5. The van der Waals surface area contributed by atoms with Crippen LogP contribution >= 0.6 is 0 Å². The van der Waals surface area contributed by atoms with Gasteiger partial charge < -0.3 is 24.2 Å². The summed E-state index contributed by atoms with van der Waals surface area (Å²) in [6, 6.07) is 17.9. The summed E-state index contributed by atoms with van der Waals surface area (Å²) < 4.78 is 16.5. The van der Waals surface area contributed by atoms with E-state index in [9.17, 15) is 14.7 Å². The summed E-state index contributed by atoms with van der Waals surface area (Å²) in [4.78, 5) is 28.3. The number of benzene rings is 3. The van der Waals surface area contributed by atoms with Crippen LogP contribution in [0.15, 0.2) is 66.2 Å². The second-order valence-electron chi connectivity index (χ2n) is 9.01. The molecule has 0 bridgehead atoms. The Morgan fingerprint density at radius 2 is 1.54 bits per heavy atom. The predicted octanol–water partition coefficient (Wildman–Crippen LogP) is 4.99. The number of carbonyl (C=O) groups is 2. The molecular weight excluding hydrogens is 470 g/mol. The number of Topliss-reactive ketones (excluding diaryl/α,β-unsaturated/α-hetero) is 1. The molecule has 0 aromatic heterocycles. The predicted molar refractivity (Wildman–Crippen MR) is 141 cm³/mol. The van der Waals surface area contributed by atoms with E-state index in [4.69, 9.17) is 14.2 Å². The maximum Gasteiger partial charge on any atom is 0.295 e. The van der Waals surface area contributed by atoms with Crippen molar-refractivity contribution in [1.82, 2.24) is 4.90 Å². The molecule has 7 heteroatoms. The lowest BCUT2D eigenvalue weighted by Crippen LogP contribution is -2.31. The van der Waals surface area contributed by atoms with Gasteiger partial charge in [-0.1, -0.05) is 48.0 Å². The third-order valence-corrected chi connectivity index (χ3v) is 6.68. The lowest BCUT2D eigenvalue weighted by molar-refractivity contribution is -0.139. The second kappa shape index (κ2) is 10.8. The lowest BCUT2D eigenvalue weighted by Gasteiger charge is -2.27. The molecule has 1 aliphatic heterocycles. The first-order chi connectivity index (χ1) is 17.8. The van der Waals surface area contributed by atoms with Crippen LogP contribution in [0.1, 0.15) is 33.9 Å². The first-order valence-corrected chi connectivity index (χ1v) is 12.0. The number of rotatable bonds is 8. The molecular formula is C30H31NO6. The fraction of sp³-hybridized carbons (Fsp3) is 0.267. The van der Waals surface area contributed by atoms with Crippen LogP contribution in [0, 0.1) is 13.8 Å². The molecule has 1 atom stereocenters. The number of likely N-dealkylation sites (tertiary alicyclic amines) is 1. The van der Waals surface area contributed by atoms with Crippen LogP contribution in [0.5, 0.6) is 17.2 Å². The van der Waals surface area contributed by atoms with Crippen molar-refractivity contribution in [3.63, 3.8) is 0 Å². The zero-order valence-corrected chi connectivity index (χ0v) is 21.7. The van der Waals surface area contributed by atoms with Gasteiger partial charge in [-0.3, -0.25) is 9.59 Å². The van der Waals surface area contributed by atoms with Gasteiger partial charge in [0.1, 0.15) is 5.76 Å². The Labute approximate surface area is 216 Å². The smallest absolute Gasteiger partial charge is 0.295 e. The van der Waals surface area contributed by atoms with Crippen LogP contribution in [-0.4, -0.2) is 49.6 Å². The lowest BCUT2D eigenvalue weighted by atomic mass is 9.92. The molecule has 1 aliphatic rings. The number of hydrogen-bond donors (Lipinski definition) is 1. The largest absolute Gasteiger partial charge is 0.507 e. The first kappa shape index (κ1) is 25.8. The number of aryl methyl sites for hydroxylation is 2. The third kappa shape index (κ3) is 4.89. The van der Waals surface area contributed by atoms with E-state index in [2.05, 4.69) is 0 Å². The monoisotopic (exact) mass is 501 g/mol. The minimum absolute atomic E-state index is 0.0287. The molecule has 1 amide bonds. The number of carbonyl (C=O) groups excluding carboxylic acids is 2. The van der Waals surface area contributed by atoms with Gasteiger partial charge in [0, 0.05) is 12.1 Å². The van der Waals surface area contributed by atoms with Gasteiger partial charge in [0.05, 0.1) is 32.9 Å². The van der Waals surface area contributed by atoms with E-state index in [1.165, 1.54) is 26.2 Å². The van der Waals surface area contributed by atoms with E-state index in [1.54, 1.807) is 12.1 Å². The van der Waals surface area contributed by atoms with Gasteiger partial charge in [-0.15, -0.1) is 0 Å². The highest BCUT2D eigenvalue weighted by Crippen LogP contribution is 2.46. The van der Waals surface area contributed by atoms with E-state index in [0.717, 1.165) is 16.7 Å². The van der Waals surface area contributed by atoms with Crippen LogP contribution in [0.3, 0.4) is 0 Å². The molecule has 7 nitrogen and oxygen atoms in total. The number of methoxy groups -OCH3 is 3. The Morgan fingerprint density at radius 1 is 0.892 bits per heavy atom. The summed E-state index contributed by atoms with van der Waals surface area (Å²) in [5, 5.41) is 11.5. The molecule has 0 aliphatic carbocycles. The van der Waals surface area contributed by atoms with E-state index >= 15 is 0 Å². The average molecular weight is 502 g/mol. The van der Waals surface area contributed by atoms with E-state index in [-0.39, 0.29) is 17.9 Å². The fourth-order valence-electron chi connectivity index (χ4n) is 4.75. The van der Waals surface area contributed by atoms with E-state index in [0.29, 0.717) is 34.8 Å². The molecule has 0 saturated carbocycles. The summed E-state index contributed by atoms with van der Waals surface area (Å²) in [6.45, 7) is 4.04. The van der Waals surface area contributed by atoms with Gasteiger partial charge in [-0.2, -0.15) is 0 Å². The summed E-state index contributed by atoms with van der Waals surface area (Å²) in [5.41, 5.74) is 3.85. The summed E-state index contributed by atoms with van der Waals surface area (Å²) in [7, 11) is 4.51. The van der Waals surface area contributed by atoms with Crippen molar-refractivity contribution in [2.75, 3.05) is 27.9 Å². The number of aliphatic hydroxyl groups is 1. The summed E-state index contributed by atoms with van der Waals surface area (Å²) >= 11 is 0. The molecule has 1 fully saturated rings. The van der Waals surface area contributed by atoms with Crippen LogP contribution in [0.2, 0.25) is 0 Å². The number of ether oxygens (including phenoxy) is 3. The Balaban J connectivity index is 1.91. The van der Waals surface area contributed by atoms with Gasteiger partial charge in [0.2, 0.25) is 5.75 Å². The average Bonchev–Trinajstić information content (AvgIpc) is 3.17. The molecule has 1 N–H and O–H groups in total. The topological polar surface area (TPSA) is 85.3 Å². The van der Waals surface area contributed by atoms with Crippen LogP contribution in [-0.2, 0) is 16.0 Å². The molecule has 3 aromatic rings. The number of nitrogens with zero attached hydrogens (tertiary/aromatic N) is 1. The van der Waals surface area contributed by atoms with Gasteiger partial charge in [-0.25, -0.2) is 0 Å². The molecule has 0 radical (unpaired) electrons. The number of amides is 1. The minimum Gasteiger partial charge on any atom is -0.507 e. The highest BCUT2D eigenvalue weighted by atomic mass is 16.5. The van der Waals surface area contributed by atoms with Crippen molar-refractivity contribution in [3.05, 3.63) is 94.1 Å². The number of hydrogen-bond acceptors (Lipinski definition) is 6. The third-order valence-electron chi connectivity index (χ3n) is 6.68. The highest BCUT2D eigenvalue weighted by Gasteiger charge is 2.46. The zero-order valence-electron chi connectivity index (χ0n) is 21.7. The number of aliphatic hydroxyl groups excluding tert-OH is 1. The second-order valence-corrected chi connectivity index (χ2v) is 9.01. The van der Waals surface area contributed by atoms with Gasteiger partial charge >= 0.3 is 0 Å². The molecule has 37 heavy (non-hydrogen) atoms. The first-order valence-electron chi connectivity index (χ1n) is 12.0. The van der Waals surface area contributed by atoms with Crippen molar-refractivity contribution < 1.29 is 28.9 Å². The summed E-state index contributed by atoms with van der Waals surface area (Å²) in [6.07, 6.45) is 0.540. The quantitative estimate of drug-likeness (QED) is 0.266. The van der Waals surface area contributed by atoms with Crippen molar-refractivity contribution in [1.29, 1.82) is 0 Å². The number of ketones is 1. The Kier molecular flexibility index (Phi) is 7.53. The Morgan fingerprint density at radius 3 is 2.14 bits per heavy atom. The molecule has 1 saturated heterocycles. The van der Waals surface area contributed by atoms with Gasteiger partial charge in [-0.05, 0) is 55.2 Å². The Hall–Kier alpha value is -4.26. The maximum atomic E-state index is 13.5. The van der Waals surface area contributed by atoms with Crippen molar-refractivity contribution in [3.8, 4) is 17.2 Å². The molecule has 0 spiro atoms. The van der Waals surface area contributed by atoms with Crippen LogP contribution in [0.4, 0.5) is 0 Å². The molecule has 1 heterocycles. The van der Waals surface area contributed by atoms with E-state index in [1.807, 2.05) is 62.4 Å². The highest BCUT2D eigenvalue weighted by molar-refractivity contribution is 6.46. The van der Waals surface area contributed by atoms with Crippen LogP contribution < -0.4 is 14.2 Å². The van der Waals surface area contributed by atoms with Crippen LogP contribution in [0.25, 0.3) is 5.76 Å². The van der Waals surface area contributed by atoms with Crippen molar-refractivity contribution in [2.45, 2.75) is 26.3 Å². The molecule has 192 valence electrons. The Bertz CT molecular complexity index is 1340. The van der Waals surface area contributed by atoms with Crippen molar-refractivity contribution >= 4 is 17.4 Å². The normalized spacial score (nSPS) is 16.7. The van der Waals surface area contributed by atoms with Crippen molar-refractivity contribution in [2.24, 2.45) is 0 Å². The minimum atomic E-state index is -0.850. The molecule has 3 aromatic carbocycles. The SMILES string of the molecule is COc1cc(C2/C(=C(\O)c3cc(C)ccc3C)C(=O)C(=O)N2CCc2ccccc2)cc(OC)c1OC. The molecule has 1 unspecified atom stereocenters. The van der Waals surface area contributed by atoms with Gasteiger partial charge in [0.15, 0.2) is 11.5 Å².